The molecule has 92 valence electrons. The molecule has 1 aromatic heterocycles. The van der Waals surface area contributed by atoms with E-state index in [4.69, 9.17) is 5.11 Å². The Morgan fingerprint density at radius 3 is 3.12 bits per heavy atom. The molecule has 2 heterocycles. The number of carboxylic acid groups (broad SMARTS) is 1. The van der Waals surface area contributed by atoms with Crippen LogP contribution in [0.1, 0.15) is 16.9 Å². The number of nitrogens with zero attached hydrogens (tertiary/aromatic N) is 3. The fourth-order valence-corrected chi connectivity index (χ4v) is 1.64. The molecule has 0 bridgehead atoms. The summed E-state index contributed by atoms with van der Waals surface area (Å²) >= 11 is 0. The molecule has 0 aromatic carbocycles. The number of carboxylic acids is 1. The Labute approximate surface area is 97.0 Å². The highest BCUT2D eigenvalue weighted by atomic mass is 16.4. The molecule has 1 aromatic rings. The molecule has 1 aliphatic heterocycles. The predicted octanol–water partition coefficient (Wildman–Crippen LogP) is -1.55. The smallest absolute Gasteiger partial charge is 0.358 e. The van der Waals surface area contributed by atoms with E-state index in [1.54, 1.807) is 0 Å². The first-order valence-corrected chi connectivity index (χ1v) is 5.28. The molecule has 8 heteroatoms. The first-order chi connectivity index (χ1) is 8.15. The Morgan fingerprint density at radius 2 is 2.53 bits per heavy atom. The van der Waals surface area contributed by atoms with Gasteiger partial charge in [0.2, 0.25) is 5.91 Å². The number of amides is 1. The molecule has 0 radical (unpaired) electrons. The molecule has 1 atom stereocenters. The van der Waals surface area contributed by atoms with Crippen molar-refractivity contribution in [3.05, 3.63) is 11.9 Å². The van der Waals surface area contributed by atoms with E-state index in [9.17, 15) is 9.59 Å². The normalized spacial score (nSPS) is 19.3. The highest BCUT2D eigenvalue weighted by Gasteiger charge is 2.20. The highest BCUT2D eigenvalue weighted by Crippen LogP contribution is 1.98. The van der Waals surface area contributed by atoms with Crippen LogP contribution in [0.2, 0.25) is 0 Å². The summed E-state index contributed by atoms with van der Waals surface area (Å²) in [6.45, 7) is 1.77. The highest BCUT2D eigenvalue weighted by molar-refractivity contribution is 5.84. The lowest BCUT2D eigenvalue weighted by molar-refractivity contribution is -0.119. The van der Waals surface area contributed by atoms with Crippen molar-refractivity contribution in [2.24, 2.45) is 0 Å². The summed E-state index contributed by atoms with van der Waals surface area (Å²) in [7, 11) is 0. The maximum atomic E-state index is 10.9. The molecule has 17 heavy (non-hydrogen) atoms. The number of aromatic carboxylic acids is 1. The fourth-order valence-electron chi connectivity index (χ4n) is 1.64. The van der Waals surface area contributed by atoms with Crippen molar-refractivity contribution in [3.8, 4) is 0 Å². The summed E-state index contributed by atoms with van der Waals surface area (Å²) in [6, 6.07) is 0.143. The molecule has 1 amide bonds. The van der Waals surface area contributed by atoms with Crippen molar-refractivity contribution in [1.82, 2.24) is 25.6 Å². The van der Waals surface area contributed by atoms with Crippen LogP contribution in [-0.2, 0) is 11.3 Å². The van der Waals surface area contributed by atoms with Gasteiger partial charge in [0, 0.05) is 25.6 Å². The first-order valence-electron chi connectivity index (χ1n) is 5.28. The van der Waals surface area contributed by atoms with Crippen LogP contribution in [-0.4, -0.2) is 51.1 Å². The van der Waals surface area contributed by atoms with Crippen molar-refractivity contribution in [1.29, 1.82) is 0 Å². The zero-order chi connectivity index (χ0) is 12.3. The molecule has 1 saturated heterocycles. The van der Waals surface area contributed by atoms with Crippen LogP contribution < -0.4 is 10.6 Å². The second kappa shape index (κ2) is 4.91. The molecule has 0 spiro atoms. The van der Waals surface area contributed by atoms with Gasteiger partial charge in [-0.15, -0.1) is 5.10 Å². The summed E-state index contributed by atoms with van der Waals surface area (Å²) in [5, 5.41) is 21.7. The van der Waals surface area contributed by atoms with Gasteiger partial charge in [0.15, 0.2) is 5.69 Å². The number of nitrogens with one attached hydrogen (secondary N) is 2. The van der Waals surface area contributed by atoms with Gasteiger partial charge in [-0.05, 0) is 0 Å². The molecule has 0 saturated carbocycles. The maximum Gasteiger partial charge on any atom is 0.358 e. The van der Waals surface area contributed by atoms with E-state index in [1.165, 1.54) is 10.9 Å². The Bertz CT molecular complexity index is 430. The van der Waals surface area contributed by atoms with Crippen LogP contribution in [0.3, 0.4) is 0 Å². The quantitative estimate of drug-likeness (QED) is 0.574. The summed E-state index contributed by atoms with van der Waals surface area (Å²) in [6.07, 6.45) is 1.86. The summed E-state index contributed by atoms with van der Waals surface area (Å²) in [5.74, 6) is -1.04. The Kier molecular flexibility index (Phi) is 3.33. The SMILES string of the molecule is O=C1CC(NCCn2cc(C(=O)O)nn2)CN1. The zero-order valence-electron chi connectivity index (χ0n) is 9.09. The Hall–Kier alpha value is -1.96. The second-order valence-corrected chi connectivity index (χ2v) is 3.83. The van der Waals surface area contributed by atoms with Gasteiger partial charge < -0.3 is 15.7 Å². The minimum atomic E-state index is -1.09. The van der Waals surface area contributed by atoms with Crippen LogP contribution in [0.25, 0.3) is 0 Å². The number of rotatable bonds is 5. The Balaban J connectivity index is 1.74. The minimum Gasteiger partial charge on any atom is -0.476 e. The third-order valence-corrected chi connectivity index (χ3v) is 2.51. The van der Waals surface area contributed by atoms with E-state index in [0.717, 1.165) is 0 Å². The van der Waals surface area contributed by atoms with Crippen LogP contribution in [0, 0.1) is 0 Å². The topological polar surface area (TPSA) is 109 Å². The van der Waals surface area contributed by atoms with Gasteiger partial charge in [-0.3, -0.25) is 9.48 Å². The molecule has 1 aliphatic rings. The van der Waals surface area contributed by atoms with Gasteiger partial charge in [-0.25, -0.2) is 4.79 Å². The lowest BCUT2D eigenvalue weighted by atomic mass is 10.2. The number of carbonyl (C=O) groups excluding carboxylic acids is 1. The summed E-state index contributed by atoms with van der Waals surface area (Å²) in [4.78, 5) is 21.5. The number of hydrogen-bond acceptors (Lipinski definition) is 5. The van der Waals surface area contributed by atoms with Crippen molar-refractivity contribution in [2.75, 3.05) is 13.1 Å². The molecule has 0 aliphatic carbocycles. The van der Waals surface area contributed by atoms with Gasteiger partial charge in [0.25, 0.3) is 0 Å². The Morgan fingerprint density at radius 1 is 1.71 bits per heavy atom. The number of aromatic nitrogens is 3. The van der Waals surface area contributed by atoms with E-state index in [-0.39, 0.29) is 17.6 Å². The minimum absolute atomic E-state index is 0.0522. The maximum absolute atomic E-state index is 10.9. The first kappa shape index (κ1) is 11.5. The van der Waals surface area contributed by atoms with Gasteiger partial charge in [0.1, 0.15) is 0 Å². The van der Waals surface area contributed by atoms with Gasteiger partial charge >= 0.3 is 5.97 Å². The third kappa shape index (κ3) is 3.00. The standard InChI is InChI=1S/C9H13N5O3/c15-8-3-6(4-11-8)10-1-2-14-5-7(9(16)17)12-13-14/h5-6,10H,1-4H2,(H,11,15)(H,16,17). The van der Waals surface area contributed by atoms with Gasteiger partial charge in [-0.1, -0.05) is 5.21 Å². The monoisotopic (exact) mass is 239 g/mol. The zero-order valence-corrected chi connectivity index (χ0v) is 9.09. The van der Waals surface area contributed by atoms with E-state index in [2.05, 4.69) is 20.9 Å². The molecule has 2 rings (SSSR count). The largest absolute Gasteiger partial charge is 0.476 e. The average Bonchev–Trinajstić information content (AvgIpc) is 2.88. The number of carbonyl (C=O) groups is 2. The predicted molar refractivity (Wildman–Crippen MR) is 56.4 cm³/mol. The average molecular weight is 239 g/mol. The van der Waals surface area contributed by atoms with Crippen molar-refractivity contribution >= 4 is 11.9 Å². The summed E-state index contributed by atoms with van der Waals surface area (Å²) < 4.78 is 1.46. The molecule has 1 fully saturated rings. The second-order valence-electron chi connectivity index (χ2n) is 3.83. The van der Waals surface area contributed by atoms with Crippen LogP contribution in [0.4, 0.5) is 0 Å². The molecular weight excluding hydrogens is 226 g/mol. The molecule has 3 N–H and O–H groups in total. The van der Waals surface area contributed by atoms with E-state index in [1.807, 2.05) is 0 Å². The molecule has 8 nitrogen and oxygen atoms in total. The van der Waals surface area contributed by atoms with Crippen LogP contribution in [0.15, 0.2) is 6.20 Å². The van der Waals surface area contributed by atoms with Crippen LogP contribution >= 0.6 is 0 Å². The molecular formula is C9H13N5O3. The van der Waals surface area contributed by atoms with Crippen molar-refractivity contribution in [3.63, 3.8) is 0 Å². The van der Waals surface area contributed by atoms with E-state index < -0.39 is 5.97 Å². The van der Waals surface area contributed by atoms with Crippen molar-refractivity contribution in [2.45, 2.75) is 19.0 Å². The van der Waals surface area contributed by atoms with Gasteiger partial charge in [0.05, 0.1) is 12.7 Å². The van der Waals surface area contributed by atoms with Crippen LogP contribution in [0.5, 0.6) is 0 Å². The molecule has 1 unspecified atom stereocenters. The lowest BCUT2D eigenvalue weighted by Crippen LogP contribution is -2.33. The van der Waals surface area contributed by atoms with E-state index in [0.29, 0.717) is 26.1 Å². The fraction of sp³-hybridized carbons (Fsp3) is 0.556. The summed E-state index contributed by atoms with van der Waals surface area (Å²) in [5.41, 5.74) is -0.0669. The van der Waals surface area contributed by atoms with Crippen molar-refractivity contribution < 1.29 is 14.7 Å². The number of hydrogen-bond donors (Lipinski definition) is 3. The van der Waals surface area contributed by atoms with Gasteiger partial charge in [-0.2, -0.15) is 0 Å². The van der Waals surface area contributed by atoms with E-state index >= 15 is 0 Å². The third-order valence-electron chi connectivity index (χ3n) is 2.51. The lowest BCUT2D eigenvalue weighted by Gasteiger charge is -2.09.